The number of piperidine rings is 1. The number of halogens is 1. The highest BCUT2D eigenvalue weighted by molar-refractivity contribution is 6.30. The van der Waals surface area contributed by atoms with Crippen LogP contribution in [0.3, 0.4) is 0 Å². The van der Waals surface area contributed by atoms with Crippen LogP contribution < -0.4 is 10.6 Å². The summed E-state index contributed by atoms with van der Waals surface area (Å²) in [6.45, 7) is 6.52. The van der Waals surface area contributed by atoms with Gasteiger partial charge in [0.15, 0.2) is 0 Å². The van der Waals surface area contributed by atoms with E-state index in [9.17, 15) is 14.4 Å². The van der Waals surface area contributed by atoms with E-state index in [2.05, 4.69) is 29.4 Å². The zero-order valence-electron chi connectivity index (χ0n) is 15.6. The van der Waals surface area contributed by atoms with Gasteiger partial charge in [0.1, 0.15) is 12.1 Å². The van der Waals surface area contributed by atoms with Gasteiger partial charge in [0, 0.05) is 30.3 Å². The molecule has 2 aliphatic heterocycles. The Morgan fingerprint density at radius 1 is 1.22 bits per heavy atom. The van der Waals surface area contributed by atoms with E-state index in [0.29, 0.717) is 29.5 Å². The molecule has 3 rings (SSSR count). The molecule has 7 nitrogen and oxygen atoms in total. The van der Waals surface area contributed by atoms with Crippen molar-refractivity contribution in [2.45, 2.75) is 32.2 Å². The molecule has 8 heteroatoms. The average Bonchev–Trinajstić information content (AvgIpc) is 2.83. The first-order valence-corrected chi connectivity index (χ1v) is 9.59. The minimum Gasteiger partial charge on any atom is -0.325 e. The Bertz CT molecular complexity index is 727. The number of rotatable bonds is 5. The Morgan fingerprint density at radius 3 is 2.44 bits per heavy atom. The number of nitrogens with zero attached hydrogens (tertiary/aromatic N) is 2. The molecule has 0 aliphatic carbocycles. The largest absolute Gasteiger partial charge is 0.325 e. The number of carbonyl (C=O) groups excluding carboxylic acids is 3. The molecule has 0 radical (unpaired) electrons. The number of hydrogen-bond donors (Lipinski definition) is 2. The van der Waals surface area contributed by atoms with E-state index in [1.54, 1.807) is 24.3 Å². The lowest BCUT2D eigenvalue weighted by Crippen LogP contribution is -2.55. The monoisotopic (exact) mass is 392 g/mol. The molecule has 2 N–H and O–H groups in total. The smallest absolute Gasteiger partial charge is 0.325 e. The summed E-state index contributed by atoms with van der Waals surface area (Å²) < 4.78 is 0. The summed E-state index contributed by atoms with van der Waals surface area (Å²) in [4.78, 5) is 40.8. The maximum Gasteiger partial charge on any atom is 0.325 e. The normalized spacial score (nSPS) is 19.6. The van der Waals surface area contributed by atoms with Crippen LogP contribution in [0.15, 0.2) is 24.3 Å². The number of amides is 4. The molecule has 0 atom stereocenters. The highest BCUT2D eigenvalue weighted by atomic mass is 35.5. The molecule has 27 heavy (non-hydrogen) atoms. The first kappa shape index (κ1) is 19.6. The van der Waals surface area contributed by atoms with Crippen LogP contribution in [-0.4, -0.2) is 59.4 Å². The molecule has 1 aromatic rings. The van der Waals surface area contributed by atoms with E-state index < -0.39 is 17.5 Å². The molecule has 0 aromatic heterocycles. The summed E-state index contributed by atoms with van der Waals surface area (Å²) >= 11 is 5.82. The summed E-state index contributed by atoms with van der Waals surface area (Å²) in [6.07, 6.45) is 1.14. The standard InChI is InChI=1S/C19H25ClN4O3/c1-13(2)11-23-9-7-19(8-10-23)17(26)24(18(27)22-19)12-16(25)21-15-5-3-14(20)4-6-15/h3-6,13H,7-12H2,1-2H3,(H,21,25)(H,22,27). The summed E-state index contributed by atoms with van der Waals surface area (Å²) in [5.74, 6) is -0.168. The van der Waals surface area contributed by atoms with Crippen molar-refractivity contribution in [3.8, 4) is 0 Å². The first-order valence-electron chi connectivity index (χ1n) is 9.21. The van der Waals surface area contributed by atoms with Gasteiger partial charge in [0.2, 0.25) is 5.91 Å². The van der Waals surface area contributed by atoms with Gasteiger partial charge in [0.05, 0.1) is 0 Å². The maximum absolute atomic E-state index is 12.9. The molecule has 0 saturated carbocycles. The van der Waals surface area contributed by atoms with Gasteiger partial charge in [-0.25, -0.2) is 4.79 Å². The second-order valence-corrected chi connectivity index (χ2v) is 8.09. The fraction of sp³-hybridized carbons (Fsp3) is 0.526. The Kier molecular flexibility index (Phi) is 5.72. The quantitative estimate of drug-likeness (QED) is 0.753. The lowest BCUT2D eigenvalue weighted by atomic mass is 9.87. The minimum absolute atomic E-state index is 0.301. The molecule has 1 aromatic carbocycles. The van der Waals surface area contributed by atoms with Crippen LogP contribution in [0.25, 0.3) is 0 Å². The predicted molar refractivity (Wildman–Crippen MR) is 104 cm³/mol. The molecule has 0 unspecified atom stereocenters. The van der Waals surface area contributed by atoms with E-state index in [1.807, 2.05) is 0 Å². The van der Waals surface area contributed by atoms with Crippen molar-refractivity contribution in [1.29, 1.82) is 0 Å². The maximum atomic E-state index is 12.9. The van der Waals surface area contributed by atoms with Gasteiger partial charge in [-0.15, -0.1) is 0 Å². The van der Waals surface area contributed by atoms with Crippen molar-refractivity contribution in [2.24, 2.45) is 5.92 Å². The minimum atomic E-state index is -0.870. The second kappa shape index (κ2) is 7.86. The van der Waals surface area contributed by atoms with Gasteiger partial charge in [-0.05, 0) is 43.0 Å². The van der Waals surface area contributed by atoms with E-state index in [1.165, 1.54) is 0 Å². The van der Waals surface area contributed by atoms with Crippen molar-refractivity contribution in [1.82, 2.24) is 15.1 Å². The Labute approximate surface area is 164 Å². The van der Waals surface area contributed by atoms with Gasteiger partial charge >= 0.3 is 6.03 Å². The van der Waals surface area contributed by atoms with Crippen molar-refractivity contribution >= 4 is 35.1 Å². The van der Waals surface area contributed by atoms with Crippen molar-refractivity contribution in [3.05, 3.63) is 29.3 Å². The third kappa shape index (κ3) is 4.42. The SMILES string of the molecule is CC(C)CN1CCC2(CC1)NC(=O)N(CC(=O)Nc1ccc(Cl)cc1)C2=O. The number of imide groups is 1. The average molecular weight is 393 g/mol. The summed E-state index contributed by atoms with van der Waals surface area (Å²) in [7, 11) is 0. The molecular weight excluding hydrogens is 368 g/mol. The van der Waals surface area contributed by atoms with Crippen LogP contribution in [0.2, 0.25) is 5.02 Å². The molecule has 1 spiro atoms. The van der Waals surface area contributed by atoms with Gasteiger partial charge in [-0.1, -0.05) is 25.4 Å². The van der Waals surface area contributed by atoms with Crippen molar-refractivity contribution < 1.29 is 14.4 Å². The van der Waals surface area contributed by atoms with Crippen LogP contribution in [0.1, 0.15) is 26.7 Å². The number of nitrogens with one attached hydrogen (secondary N) is 2. The van der Waals surface area contributed by atoms with E-state index >= 15 is 0 Å². The zero-order chi connectivity index (χ0) is 19.6. The number of anilines is 1. The summed E-state index contributed by atoms with van der Waals surface area (Å²) in [5, 5.41) is 6.07. The highest BCUT2D eigenvalue weighted by Gasteiger charge is 2.52. The number of hydrogen-bond acceptors (Lipinski definition) is 4. The zero-order valence-corrected chi connectivity index (χ0v) is 16.4. The molecule has 2 saturated heterocycles. The van der Waals surface area contributed by atoms with Gasteiger partial charge in [-0.2, -0.15) is 0 Å². The molecule has 146 valence electrons. The third-order valence-corrected chi connectivity index (χ3v) is 5.26. The van der Waals surface area contributed by atoms with Gasteiger partial charge < -0.3 is 15.5 Å². The highest BCUT2D eigenvalue weighted by Crippen LogP contribution is 2.29. The first-order chi connectivity index (χ1) is 12.8. The Hall–Kier alpha value is -2.12. The lowest BCUT2D eigenvalue weighted by Gasteiger charge is -2.37. The second-order valence-electron chi connectivity index (χ2n) is 7.65. The van der Waals surface area contributed by atoms with E-state index in [4.69, 9.17) is 11.6 Å². The van der Waals surface area contributed by atoms with Gasteiger partial charge in [-0.3, -0.25) is 14.5 Å². The van der Waals surface area contributed by atoms with Gasteiger partial charge in [0.25, 0.3) is 5.91 Å². The third-order valence-electron chi connectivity index (χ3n) is 5.01. The fourth-order valence-electron chi connectivity index (χ4n) is 3.67. The molecule has 2 heterocycles. The Balaban J connectivity index is 1.59. The number of benzene rings is 1. The Morgan fingerprint density at radius 2 is 1.85 bits per heavy atom. The fourth-order valence-corrected chi connectivity index (χ4v) is 3.80. The number of carbonyl (C=O) groups is 3. The van der Waals surface area contributed by atoms with E-state index in [0.717, 1.165) is 24.5 Å². The van der Waals surface area contributed by atoms with Crippen LogP contribution >= 0.6 is 11.6 Å². The molecule has 2 aliphatic rings. The van der Waals surface area contributed by atoms with Crippen LogP contribution in [0, 0.1) is 5.92 Å². The van der Waals surface area contributed by atoms with Crippen molar-refractivity contribution in [3.63, 3.8) is 0 Å². The molecule has 2 fully saturated rings. The van der Waals surface area contributed by atoms with Crippen LogP contribution in [-0.2, 0) is 9.59 Å². The van der Waals surface area contributed by atoms with Crippen LogP contribution in [0.4, 0.5) is 10.5 Å². The topological polar surface area (TPSA) is 81.8 Å². The molecule has 0 bridgehead atoms. The summed E-state index contributed by atoms with van der Waals surface area (Å²) in [5.41, 5.74) is -0.307. The summed E-state index contributed by atoms with van der Waals surface area (Å²) in [6, 6.07) is 6.15. The van der Waals surface area contributed by atoms with Crippen LogP contribution in [0.5, 0.6) is 0 Å². The van der Waals surface area contributed by atoms with E-state index in [-0.39, 0.29) is 12.5 Å². The molecule has 4 amide bonds. The number of likely N-dealkylation sites (tertiary alicyclic amines) is 1. The van der Waals surface area contributed by atoms with Crippen molar-refractivity contribution in [2.75, 3.05) is 31.5 Å². The molecular formula is C19H25ClN4O3. The predicted octanol–water partition coefficient (Wildman–Crippen LogP) is 2.32. The lowest BCUT2D eigenvalue weighted by molar-refractivity contribution is -0.135. The number of urea groups is 1.